The molecule has 2 aliphatic carbocycles. The SMILES string of the molecule is CC(C)(C)[C@H](CC(=O)C[C@H](C(=O)N1CC2[C@@H]([C@H]1C(=O)CC(CC1CCC1)C(=O)C(N)=O)C2(C)C)C(C)(C)C)CS(=O)(=O)c1ccccc1. The number of hydrogen-bond acceptors (Lipinski definition) is 7. The minimum atomic E-state index is -3.65. The van der Waals surface area contributed by atoms with Gasteiger partial charge in [0, 0.05) is 37.6 Å². The van der Waals surface area contributed by atoms with Crippen molar-refractivity contribution in [2.45, 2.75) is 111 Å². The van der Waals surface area contributed by atoms with Gasteiger partial charge in [0.1, 0.15) is 5.78 Å². The topological polar surface area (TPSA) is 149 Å². The lowest BCUT2D eigenvalue weighted by molar-refractivity contribution is -0.148. The molecule has 1 heterocycles. The quantitative estimate of drug-likeness (QED) is 0.242. The van der Waals surface area contributed by atoms with E-state index in [0.717, 1.165) is 19.3 Å². The lowest BCUT2D eigenvalue weighted by atomic mass is 9.73. The van der Waals surface area contributed by atoms with E-state index in [1.165, 1.54) is 0 Å². The number of benzene rings is 1. The van der Waals surface area contributed by atoms with Crippen LogP contribution in [0.2, 0.25) is 0 Å². The van der Waals surface area contributed by atoms with Crippen LogP contribution < -0.4 is 5.73 Å². The molecule has 3 aliphatic rings. The van der Waals surface area contributed by atoms with Crippen LogP contribution >= 0.6 is 0 Å². The van der Waals surface area contributed by atoms with Crippen LogP contribution in [0.5, 0.6) is 0 Å². The lowest BCUT2D eigenvalue weighted by Crippen LogP contribution is -2.51. The molecule has 6 atom stereocenters. The van der Waals surface area contributed by atoms with Crippen molar-refractivity contribution in [1.82, 2.24) is 4.90 Å². The van der Waals surface area contributed by atoms with Crippen molar-refractivity contribution >= 4 is 39.0 Å². The number of carbonyl (C=O) groups is 5. The van der Waals surface area contributed by atoms with Crippen molar-refractivity contribution < 1.29 is 32.4 Å². The summed E-state index contributed by atoms with van der Waals surface area (Å²) in [5, 5.41) is 0. The maximum atomic E-state index is 14.5. The first-order valence-corrected chi connectivity index (χ1v) is 19.2. The van der Waals surface area contributed by atoms with Crippen molar-refractivity contribution in [2.24, 2.45) is 57.5 Å². The molecule has 1 aromatic carbocycles. The van der Waals surface area contributed by atoms with E-state index in [2.05, 4.69) is 13.8 Å². The van der Waals surface area contributed by atoms with E-state index in [4.69, 9.17) is 5.73 Å². The molecule has 0 aromatic heterocycles. The summed E-state index contributed by atoms with van der Waals surface area (Å²) in [5.41, 5.74) is 4.13. The normalized spacial score (nSPS) is 24.2. The van der Waals surface area contributed by atoms with Crippen LogP contribution in [0.15, 0.2) is 35.2 Å². The van der Waals surface area contributed by atoms with Gasteiger partial charge in [-0.3, -0.25) is 24.0 Å². The second-order valence-corrected chi connectivity index (χ2v) is 19.6. The van der Waals surface area contributed by atoms with Crippen LogP contribution in [-0.2, 0) is 33.8 Å². The Kier molecular flexibility index (Phi) is 10.9. The van der Waals surface area contributed by atoms with Crippen LogP contribution in [0.1, 0.15) is 100 Å². The summed E-state index contributed by atoms with van der Waals surface area (Å²) in [6.45, 7) is 16.1. The largest absolute Gasteiger partial charge is 0.363 e. The van der Waals surface area contributed by atoms with E-state index in [-0.39, 0.29) is 70.6 Å². The first-order valence-electron chi connectivity index (χ1n) is 17.5. The third kappa shape index (κ3) is 8.28. The molecule has 1 saturated heterocycles. The molecular formula is C38H56N2O7S. The number of piperidine rings is 1. The van der Waals surface area contributed by atoms with Crippen LogP contribution in [0.4, 0.5) is 0 Å². The molecule has 2 unspecified atom stereocenters. The van der Waals surface area contributed by atoms with Crippen molar-refractivity contribution in [3.63, 3.8) is 0 Å². The summed E-state index contributed by atoms with van der Waals surface area (Å²) >= 11 is 0. The highest BCUT2D eigenvalue weighted by Gasteiger charge is 2.69. The highest BCUT2D eigenvalue weighted by atomic mass is 32.2. The van der Waals surface area contributed by atoms with Crippen LogP contribution in [0.3, 0.4) is 0 Å². The Morgan fingerprint density at radius 1 is 0.917 bits per heavy atom. The van der Waals surface area contributed by atoms with Gasteiger partial charge in [-0.1, -0.05) is 92.9 Å². The Balaban J connectivity index is 1.54. The van der Waals surface area contributed by atoms with Gasteiger partial charge in [0.05, 0.1) is 16.7 Å². The Morgan fingerprint density at radius 3 is 2.02 bits per heavy atom. The molecule has 0 spiro atoms. The molecular weight excluding hydrogens is 628 g/mol. The zero-order chi connectivity index (χ0) is 36.0. The number of likely N-dealkylation sites (tertiary alicyclic amines) is 1. The van der Waals surface area contributed by atoms with Gasteiger partial charge >= 0.3 is 0 Å². The Morgan fingerprint density at radius 2 is 1.52 bits per heavy atom. The number of fused-ring (bicyclic) bond motifs is 1. The summed E-state index contributed by atoms with van der Waals surface area (Å²) in [6, 6.07) is 7.49. The first kappa shape index (κ1) is 37.9. The second kappa shape index (κ2) is 13.8. The molecule has 0 bridgehead atoms. The van der Waals surface area contributed by atoms with Crippen molar-refractivity contribution in [3.05, 3.63) is 30.3 Å². The molecule has 4 rings (SSSR count). The molecule has 10 heteroatoms. The number of nitrogens with zero attached hydrogens (tertiary/aromatic N) is 1. The predicted molar refractivity (Wildman–Crippen MR) is 184 cm³/mol. The van der Waals surface area contributed by atoms with Gasteiger partial charge in [0.2, 0.25) is 11.7 Å². The van der Waals surface area contributed by atoms with Crippen LogP contribution in [-0.4, -0.2) is 60.8 Å². The van der Waals surface area contributed by atoms with E-state index in [1.54, 1.807) is 35.2 Å². The molecule has 48 heavy (non-hydrogen) atoms. The average Bonchev–Trinajstić information content (AvgIpc) is 3.26. The number of primary amides is 1. The van der Waals surface area contributed by atoms with Gasteiger partial charge < -0.3 is 10.6 Å². The van der Waals surface area contributed by atoms with Gasteiger partial charge in [-0.15, -0.1) is 0 Å². The number of rotatable bonds is 15. The van der Waals surface area contributed by atoms with Gasteiger partial charge in [-0.05, 0) is 58.5 Å². The second-order valence-electron chi connectivity index (χ2n) is 17.5. The summed E-state index contributed by atoms with van der Waals surface area (Å²) in [7, 11) is -3.65. The third-order valence-electron chi connectivity index (χ3n) is 11.7. The third-order valence-corrected chi connectivity index (χ3v) is 13.6. The molecule has 0 radical (unpaired) electrons. The number of carbonyl (C=O) groups excluding carboxylic acids is 5. The van der Waals surface area contributed by atoms with Crippen LogP contribution in [0.25, 0.3) is 0 Å². The molecule has 2 N–H and O–H groups in total. The van der Waals surface area contributed by atoms with Crippen molar-refractivity contribution in [2.75, 3.05) is 12.3 Å². The summed E-state index contributed by atoms with van der Waals surface area (Å²) in [6.07, 6.45) is 3.23. The number of Topliss-reactive ketones (excluding diaryl/α,β-unsaturated/α-hetero) is 3. The first-order chi connectivity index (χ1) is 22.1. The van der Waals surface area contributed by atoms with Crippen LogP contribution in [0, 0.1) is 51.8 Å². The smallest absolute Gasteiger partial charge is 0.285 e. The molecule has 9 nitrogen and oxygen atoms in total. The fourth-order valence-electron chi connectivity index (χ4n) is 8.02. The van der Waals surface area contributed by atoms with Gasteiger partial charge in [-0.25, -0.2) is 8.42 Å². The molecule has 3 fully saturated rings. The highest BCUT2D eigenvalue weighted by molar-refractivity contribution is 7.91. The monoisotopic (exact) mass is 684 g/mol. The molecule has 2 saturated carbocycles. The fraction of sp³-hybridized carbons (Fsp3) is 0.711. The van der Waals surface area contributed by atoms with Gasteiger partial charge in [0.25, 0.3) is 5.91 Å². The highest BCUT2D eigenvalue weighted by Crippen LogP contribution is 2.65. The number of ketones is 3. The minimum absolute atomic E-state index is 0.00807. The Hall–Kier alpha value is -2.88. The number of nitrogens with two attached hydrogens (primary N) is 1. The molecule has 1 aromatic rings. The maximum absolute atomic E-state index is 14.5. The lowest BCUT2D eigenvalue weighted by Gasteiger charge is -2.38. The molecule has 1 aliphatic heterocycles. The Bertz CT molecular complexity index is 1520. The maximum Gasteiger partial charge on any atom is 0.285 e. The van der Waals surface area contributed by atoms with E-state index in [1.807, 2.05) is 41.5 Å². The number of sulfone groups is 1. The van der Waals surface area contributed by atoms with Crippen molar-refractivity contribution in [1.29, 1.82) is 0 Å². The van der Waals surface area contributed by atoms with E-state index >= 15 is 0 Å². The Labute approximate surface area is 287 Å². The molecule has 2 amide bonds. The summed E-state index contributed by atoms with van der Waals surface area (Å²) < 4.78 is 26.6. The van der Waals surface area contributed by atoms with E-state index in [9.17, 15) is 32.4 Å². The number of hydrogen-bond donors (Lipinski definition) is 1. The fourth-order valence-corrected chi connectivity index (χ4v) is 9.93. The zero-order valence-electron chi connectivity index (χ0n) is 30.1. The average molecular weight is 685 g/mol. The minimum Gasteiger partial charge on any atom is -0.363 e. The summed E-state index contributed by atoms with van der Waals surface area (Å²) in [5.74, 6) is -4.28. The standard InChI is InChI=1S/C38H56N2O7S/c1-36(2,3)25(22-48(46,47)27-15-10-9-11-16-27)19-26(41)20-28(37(4,5)6)35(45)40-21-29-31(38(29,7)8)32(40)30(42)18-24(33(43)34(39)44)17-23-13-12-14-23/h9-11,15-16,23-25,28-29,31-32H,12-14,17-22H2,1-8H3,(H2,39,44)/t24?,25-,28-,29?,31+,32-/m1/s1. The molecule has 266 valence electrons. The summed E-state index contributed by atoms with van der Waals surface area (Å²) in [4.78, 5) is 68.9. The van der Waals surface area contributed by atoms with Crippen molar-refractivity contribution in [3.8, 4) is 0 Å². The van der Waals surface area contributed by atoms with Gasteiger partial charge in [0.15, 0.2) is 15.6 Å². The van der Waals surface area contributed by atoms with Gasteiger partial charge in [-0.2, -0.15) is 0 Å². The van der Waals surface area contributed by atoms with E-state index < -0.39 is 56.2 Å². The van der Waals surface area contributed by atoms with E-state index in [0.29, 0.717) is 13.0 Å². The zero-order valence-corrected chi connectivity index (χ0v) is 30.9. The predicted octanol–water partition coefficient (Wildman–Crippen LogP) is 5.44. The number of amides is 2.